The highest BCUT2D eigenvalue weighted by atomic mass is 16.2. The van der Waals surface area contributed by atoms with Crippen LogP contribution in [-0.4, -0.2) is 35.6 Å². The van der Waals surface area contributed by atoms with Gasteiger partial charge in [-0.25, -0.2) is 14.8 Å². The number of benzene rings is 1. The molecule has 0 spiro atoms. The molecule has 0 unspecified atom stereocenters. The van der Waals surface area contributed by atoms with Gasteiger partial charge in [-0.3, -0.25) is 24.2 Å². The van der Waals surface area contributed by atoms with Crippen LogP contribution in [-0.2, 0) is 6.54 Å². The molecule has 1 aliphatic carbocycles. The Balaban J connectivity index is 1.62. The van der Waals surface area contributed by atoms with E-state index in [1.54, 1.807) is 12.1 Å². The number of nitrogens with zero attached hydrogens (tertiary/aromatic N) is 4. The Morgan fingerprint density at radius 2 is 1.89 bits per heavy atom. The molecular formula is C26H29N7O3. The van der Waals surface area contributed by atoms with Gasteiger partial charge in [0, 0.05) is 29.6 Å². The number of H-pyrrole nitrogens is 2. The Morgan fingerprint density at radius 1 is 1.14 bits per heavy atom. The number of carbonyl (C=O) groups is 1. The van der Waals surface area contributed by atoms with E-state index in [1.165, 1.54) is 4.57 Å². The van der Waals surface area contributed by atoms with Crippen LogP contribution in [0.5, 0.6) is 0 Å². The quantitative estimate of drug-likeness (QED) is 0.363. The number of pyridine rings is 1. The van der Waals surface area contributed by atoms with Gasteiger partial charge in [-0.1, -0.05) is 39.8 Å². The van der Waals surface area contributed by atoms with E-state index in [4.69, 9.17) is 0 Å². The van der Waals surface area contributed by atoms with Gasteiger partial charge >= 0.3 is 5.69 Å². The molecular weight excluding hydrogens is 458 g/mol. The first kappa shape index (κ1) is 23.7. The molecule has 1 aromatic carbocycles. The fourth-order valence-corrected chi connectivity index (χ4v) is 4.22. The van der Waals surface area contributed by atoms with E-state index in [0.29, 0.717) is 23.6 Å². The summed E-state index contributed by atoms with van der Waals surface area (Å²) in [6.07, 6.45) is 1.92. The number of aromatic nitrogens is 6. The second-order valence-corrected chi connectivity index (χ2v) is 10.0. The monoisotopic (exact) mass is 487 g/mol. The second-order valence-electron chi connectivity index (χ2n) is 10.0. The predicted molar refractivity (Wildman–Crippen MR) is 137 cm³/mol. The summed E-state index contributed by atoms with van der Waals surface area (Å²) in [4.78, 5) is 50.9. The smallest absolute Gasteiger partial charge is 0.321 e. The topological polar surface area (TPSA) is 138 Å². The Kier molecular flexibility index (Phi) is 6.03. The third-order valence-electron chi connectivity index (χ3n) is 6.22. The number of hydrogen-bond acceptors (Lipinski definition) is 6. The van der Waals surface area contributed by atoms with Crippen molar-refractivity contribution in [3.63, 3.8) is 0 Å². The van der Waals surface area contributed by atoms with Gasteiger partial charge in [0.1, 0.15) is 5.82 Å². The van der Waals surface area contributed by atoms with Gasteiger partial charge < -0.3 is 5.32 Å². The van der Waals surface area contributed by atoms with Crippen LogP contribution in [0.1, 0.15) is 74.2 Å². The maximum absolute atomic E-state index is 13.7. The average molecular weight is 488 g/mol. The highest BCUT2D eigenvalue weighted by molar-refractivity contribution is 6.12. The standard InChI is InChI=1S/C26H29N7O3/c1-13(2)12-33-23-20(25(35)30-26(33)36)17(11-19(27-23)15-9-10-15)24(34)28-18-8-6-5-7-16(18)22-29-21(14(3)4)31-32-22/h5-8,11,13-15H,9-10,12H2,1-4H3,(H,28,34)(H,29,31,32)(H,30,35,36). The molecule has 0 aliphatic heterocycles. The predicted octanol–water partition coefficient (Wildman–Crippen LogP) is 3.78. The fraction of sp³-hybridized carbons (Fsp3) is 0.385. The number of nitrogens with one attached hydrogen (secondary N) is 3. The molecule has 1 amide bonds. The van der Waals surface area contributed by atoms with Crippen molar-refractivity contribution in [2.24, 2.45) is 5.92 Å². The number of rotatable bonds is 7. The largest absolute Gasteiger partial charge is 0.330 e. The lowest BCUT2D eigenvalue weighted by molar-refractivity contribution is 0.102. The molecule has 1 aliphatic rings. The zero-order valence-electron chi connectivity index (χ0n) is 20.8. The summed E-state index contributed by atoms with van der Waals surface area (Å²) in [6, 6.07) is 8.93. The molecule has 3 heterocycles. The van der Waals surface area contributed by atoms with Gasteiger partial charge in [0.25, 0.3) is 11.5 Å². The van der Waals surface area contributed by atoms with E-state index in [1.807, 2.05) is 45.9 Å². The Bertz CT molecular complexity index is 1570. The van der Waals surface area contributed by atoms with Gasteiger partial charge in [-0.15, -0.1) is 0 Å². The van der Waals surface area contributed by atoms with Crippen LogP contribution in [0.25, 0.3) is 22.4 Å². The summed E-state index contributed by atoms with van der Waals surface area (Å²) < 4.78 is 1.46. The van der Waals surface area contributed by atoms with Gasteiger partial charge in [-0.05, 0) is 37.0 Å². The SMILES string of the molecule is CC(C)Cn1c(=O)[nH]c(=O)c2c(C(=O)Nc3ccccc3-c3n[nH]c(C(C)C)n3)cc(C3CC3)nc21. The summed E-state index contributed by atoms with van der Waals surface area (Å²) in [6.45, 7) is 8.36. The lowest BCUT2D eigenvalue weighted by atomic mass is 10.1. The molecule has 0 saturated heterocycles. The molecule has 1 fully saturated rings. The number of fused-ring (bicyclic) bond motifs is 1. The second kappa shape index (κ2) is 9.18. The number of aromatic amines is 2. The van der Waals surface area contributed by atoms with Crippen LogP contribution in [0, 0.1) is 5.92 Å². The summed E-state index contributed by atoms with van der Waals surface area (Å²) in [7, 11) is 0. The highest BCUT2D eigenvalue weighted by Gasteiger charge is 2.29. The molecule has 0 radical (unpaired) electrons. The minimum atomic E-state index is -0.626. The zero-order valence-corrected chi connectivity index (χ0v) is 20.8. The van der Waals surface area contributed by atoms with Crippen LogP contribution in [0.4, 0.5) is 5.69 Å². The summed E-state index contributed by atoms with van der Waals surface area (Å²) in [5.74, 6) is 1.29. The zero-order chi connectivity index (χ0) is 25.6. The summed E-state index contributed by atoms with van der Waals surface area (Å²) in [5, 5.41) is 10.3. The lowest BCUT2D eigenvalue weighted by Crippen LogP contribution is -2.33. The number of anilines is 1. The number of para-hydroxylation sites is 1. The van der Waals surface area contributed by atoms with Crippen molar-refractivity contribution in [2.45, 2.75) is 58.9 Å². The number of amides is 1. The molecule has 3 aromatic heterocycles. The molecule has 3 N–H and O–H groups in total. The molecule has 10 nitrogen and oxygen atoms in total. The molecule has 186 valence electrons. The lowest BCUT2D eigenvalue weighted by Gasteiger charge is -2.15. The van der Waals surface area contributed by atoms with E-state index >= 15 is 0 Å². The molecule has 1 saturated carbocycles. The molecule has 4 aromatic rings. The minimum Gasteiger partial charge on any atom is -0.321 e. The van der Waals surface area contributed by atoms with Crippen molar-refractivity contribution in [3.8, 4) is 11.4 Å². The van der Waals surface area contributed by atoms with E-state index in [-0.39, 0.29) is 34.4 Å². The third-order valence-corrected chi connectivity index (χ3v) is 6.22. The van der Waals surface area contributed by atoms with E-state index in [0.717, 1.165) is 24.4 Å². The van der Waals surface area contributed by atoms with Gasteiger partial charge in [0.05, 0.1) is 16.6 Å². The third kappa shape index (κ3) is 4.46. The average Bonchev–Trinajstić information content (AvgIpc) is 3.57. The van der Waals surface area contributed by atoms with Crippen molar-refractivity contribution in [1.29, 1.82) is 0 Å². The number of hydrogen-bond donors (Lipinski definition) is 3. The van der Waals surface area contributed by atoms with E-state index in [2.05, 4.69) is 30.5 Å². The Hall–Kier alpha value is -4.08. The Morgan fingerprint density at radius 3 is 2.56 bits per heavy atom. The first-order valence-corrected chi connectivity index (χ1v) is 12.2. The van der Waals surface area contributed by atoms with Crippen molar-refractivity contribution >= 4 is 22.6 Å². The highest BCUT2D eigenvalue weighted by Crippen LogP contribution is 2.40. The van der Waals surface area contributed by atoms with Crippen molar-refractivity contribution < 1.29 is 4.79 Å². The Labute approximate surface area is 207 Å². The molecule has 36 heavy (non-hydrogen) atoms. The maximum atomic E-state index is 13.7. The first-order chi connectivity index (χ1) is 17.2. The van der Waals surface area contributed by atoms with E-state index in [9.17, 15) is 14.4 Å². The fourth-order valence-electron chi connectivity index (χ4n) is 4.22. The summed E-state index contributed by atoms with van der Waals surface area (Å²) in [5.41, 5.74) is 1.17. The molecule has 0 atom stereocenters. The van der Waals surface area contributed by atoms with Crippen LogP contribution in [0.3, 0.4) is 0 Å². The van der Waals surface area contributed by atoms with Crippen LogP contribution in [0.2, 0.25) is 0 Å². The number of carbonyl (C=O) groups excluding carboxylic acids is 1. The van der Waals surface area contributed by atoms with Crippen LogP contribution >= 0.6 is 0 Å². The molecule has 10 heteroatoms. The first-order valence-electron chi connectivity index (χ1n) is 12.2. The van der Waals surface area contributed by atoms with E-state index < -0.39 is 17.2 Å². The van der Waals surface area contributed by atoms with Gasteiger partial charge in [-0.2, -0.15) is 5.10 Å². The van der Waals surface area contributed by atoms with Gasteiger partial charge in [0.2, 0.25) is 0 Å². The van der Waals surface area contributed by atoms with Crippen molar-refractivity contribution in [2.75, 3.05) is 5.32 Å². The van der Waals surface area contributed by atoms with Crippen molar-refractivity contribution in [3.05, 3.63) is 68.3 Å². The maximum Gasteiger partial charge on any atom is 0.330 e. The molecule has 5 rings (SSSR count). The van der Waals surface area contributed by atoms with Crippen LogP contribution in [0.15, 0.2) is 39.9 Å². The molecule has 0 bridgehead atoms. The van der Waals surface area contributed by atoms with Crippen molar-refractivity contribution in [1.82, 2.24) is 29.7 Å². The normalized spacial score (nSPS) is 13.6. The summed E-state index contributed by atoms with van der Waals surface area (Å²) >= 11 is 0. The minimum absolute atomic E-state index is 0.106. The van der Waals surface area contributed by atoms with Crippen LogP contribution < -0.4 is 16.6 Å². The van der Waals surface area contributed by atoms with Gasteiger partial charge in [0.15, 0.2) is 11.5 Å².